The Labute approximate surface area is 109 Å². The Kier molecular flexibility index (Phi) is 4.28. The molecule has 0 aliphatic carbocycles. The van der Waals surface area contributed by atoms with Gasteiger partial charge in [0.1, 0.15) is 11.6 Å². The molecule has 0 radical (unpaired) electrons. The van der Waals surface area contributed by atoms with Crippen LogP contribution in [0.1, 0.15) is 0 Å². The molecule has 0 heterocycles. The van der Waals surface area contributed by atoms with E-state index < -0.39 is 47.9 Å². The van der Waals surface area contributed by atoms with Crippen molar-refractivity contribution in [2.75, 3.05) is 17.3 Å². The molecule has 0 saturated heterocycles. The van der Waals surface area contributed by atoms with Gasteiger partial charge in [0, 0.05) is 6.26 Å². The largest absolute Gasteiger partial charge is 0.323 e. The number of sulfone groups is 1. The molecule has 0 spiro atoms. The van der Waals surface area contributed by atoms with Crippen LogP contribution in [-0.4, -0.2) is 34.8 Å². The molecule has 1 amide bonds. The van der Waals surface area contributed by atoms with Gasteiger partial charge in [0.25, 0.3) is 0 Å². The van der Waals surface area contributed by atoms with E-state index in [9.17, 15) is 26.0 Å². The third kappa shape index (κ3) is 4.93. The summed E-state index contributed by atoms with van der Waals surface area (Å²) in [6.07, 6.45) is 0.837. The van der Waals surface area contributed by atoms with Gasteiger partial charge < -0.3 is 5.32 Å². The van der Waals surface area contributed by atoms with E-state index in [2.05, 4.69) is 0 Å². The molecule has 10 heteroatoms. The van der Waals surface area contributed by atoms with Crippen LogP contribution >= 0.6 is 0 Å². The van der Waals surface area contributed by atoms with Crippen LogP contribution in [0, 0.1) is 5.82 Å². The van der Waals surface area contributed by atoms with E-state index in [1.54, 1.807) is 0 Å². The standard InChI is InChI=1S/C9H11FN2O5S2/c1-18(14,15)5-9(13)12-8-4-6(19(11,16)17)2-3-7(8)10/h2-4H,5H2,1H3,(H,12,13)(H2,11,16,17). The summed E-state index contributed by atoms with van der Waals surface area (Å²) in [4.78, 5) is 10.9. The van der Waals surface area contributed by atoms with Gasteiger partial charge in [0.05, 0.1) is 10.6 Å². The van der Waals surface area contributed by atoms with Crippen LogP contribution in [0.25, 0.3) is 0 Å². The first-order valence-electron chi connectivity index (χ1n) is 4.79. The number of anilines is 1. The average Bonchev–Trinajstić information content (AvgIpc) is 2.16. The predicted octanol–water partition coefficient (Wildman–Crippen LogP) is -0.544. The van der Waals surface area contributed by atoms with Gasteiger partial charge in [-0.2, -0.15) is 0 Å². The summed E-state index contributed by atoms with van der Waals surface area (Å²) in [5.41, 5.74) is -0.458. The minimum atomic E-state index is -4.05. The third-order valence-electron chi connectivity index (χ3n) is 1.93. The van der Waals surface area contributed by atoms with E-state index in [4.69, 9.17) is 5.14 Å². The topological polar surface area (TPSA) is 123 Å². The van der Waals surface area contributed by atoms with Gasteiger partial charge in [-0.15, -0.1) is 0 Å². The third-order valence-corrected chi connectivity index (χ3v) is 3.63. The number of primary sulfonamides is 1. The molecule has 7 nitrogen and oxygen atoms in total. The minimum absolute atomic E-state index is 0.399. The number of hydrogen-bond acceptors (Lipinski definition) is 5. The molecule has 1 rings (SSSR count). The fraction of sp³-hybridized carbons (Fsp3) is 0.222. The van der Waals surface area contributed by atoms with Crippen LogP contribution in [0.3, 0.4) is 0 Å². The number of benzene rings is 1. The number of hydrogen-bond donors (Lipinski definition) is 2. The molecule has 1 aromatic rings. The van der Waals surface area contributed by atoms with Gasteiger partial charge in [-0.3, -0.25) is 4.79 Å². The number of rotatable bonds is 4. The van der Waals surface area contributed by atoms with Crippen molar-refractivity contribution in [2.45, 2.75) is 4.90 Å². The number of halogens is 1. The first kappa shape index (κ1) is 15.5. The van der Waals surface area contributed by atoms with Crippen LogP contribution in [0.5, 0.6) is 0 Å². The van der Waals surface area contributed by atoms with Crippen LogP contribution in [-0.2, 0) is 24.7 Å². The van der Waals surface area contributed by atoms with E-state index >= 15 is 0 Å². The highest BCUT2D eigenvalue weighted by atomic mass is 32.2. The van der Waals surface area contributed by atoms with Crippen LogP contribution in [0.2, 0.25) is 0 Å². The van der Waals surface area contributed by atoms with Gasteiger partial charge in [-0.1, -0.05) is 0 Å². The molecule has 0 aliphatic rings. The van der Waals surface area contributed by atoms with Gasteiger partial charge in [0.2, 0.25) is 15.9 Å². The second-order valence-corrected chi connectivity index (χ2v) is 7.51. The molecular formula is C9H11FN2O5S2. The normalized spacial score (nSPS) is 12.2. The summed E-state index contributed by atoms with van der Waals surface area (Å²) in [5.74, 6) is -2.73. The number of nitrogens with two attached hydrogens (primary N) is 1. The molecule has 0 saturated carbocycles. The monoisotopic (exact) mass is 310 g/mol. The first-order chi connectivity index (χ1) is 8.49. The second-order valence-electron chi connectivity index (χ2n) is 3.80. The number of nitrogens with one attached hydrogen (secondary N) is 1. The number of carbonyl (C=O) groups is 1. The zero-order valence-electron chi connectivity index (χ0n) is 9.75. The predicted molar refractivity (Wildman–Crippen MR) is 66.1 cm³/mol. The number of carbonyl (C=O) groups excluding carboxylic acids is 1. The molecule has 1 aromatic carbocycles. The molecule has 0 aromatic heterocycles. The highest BCUT2D eigenvalue weighted by Gasteiger charge is 2.16. The smallest absolute Gasteiger partial charge is 0.239 e. The van der Waals surface area contributed by atoms with Gasteiger partial charge >= 0.3 is 0 Å². The summed E-state index contributed by atoms with van der Waals surface area (Å²) < 4.78 is 57.2. The van der Waals surface area contributed by atoms with Crippen molar-refractivity contribution < 1.29 is 26.0 Å². The number of sulfonamides is 1. The molecule has 0 fully saturated rings. The highest BCUT2D eigenvalue weighted by Crippen LogP contribution is 2.18. The van der Waals surface area contributed by atoms with E-state index in [1.165, 1.54) is 0 Å². The summed E-state index contributed by atoms with van der Waals surface area (Å²) in [5, 5.41) is 6.82. The minimum Gasteiger partial charge on any atom is -0.323 e. The zero-order chi connectivity index (χ0) is 14.8. The molecule has 19 heavy (non-hydrogen) atoms. The van der Waals surface area contributed by atoms with Crippen molar-refractivity contribution in [3.63, 3.8) is 0 Å². The maximum absolute atomic E-state index is 13.4. The molecule has 0 aliphatic heterocycles. The van der Waals surface area contributed by atoms with Gasteiger partial charge in [-0.25, -0.2) is 26.4 Å². The lowest BCUT2D eigenvalue weighted by atomic mass is 10.3. The molecule has 0 unspecified atom stereocenters. The van der Waals surface area contributed by atoms with Crippen molar-refractivity contribution in [1.82, 2.24) is 0 Å². The van der Waals surface area contributed by atoms with Crippen molar-refractivity contribution in [3.05, 3.63) is 24.0 Å². The van der Waals surface area contributed by atoms with Gasteiger partial charge in [0.15, 0.2) is 9.84 Å². The van der Waals surface area contributed by atoms with Crippen molar-refractivity contribution in [1.29, 1.82) is 0 Å². The highest BCUT2D eigenvalue weighted by molar-refractivity contribution is 7.91. The van der Waals surface area contributed by atoms with E-state index in [0.717, 1.165) is 24.5 Å². The van der Waals surface area contributed by atoms with E-state index in [1.807, 2.05) is 5.32 Å². The molecular weight excluding hydrogens is 299 g/mol. The SMILES string of the molecule is CS(=O)(=O)CC(=O)Nc1cc(S(N)(=O)=O)ccc1F. The second kappa shape index (κ2) is 5.23. The zero-order valence-corrected chi connectivity index (χ0v) is 11.4. The molecule has 0 bridgehead atoms. The summed E-state index contributed by atoms with van der Waals surface area (Å²) in [7, 11) is -7.62. The lowest BCUT2D eigenvalue weighted by molar-refractivity contribution is -0.113. The first-order valence-corrected chi connectivity index (χ1v) is 8.39. The maximum atomic E-state index is 13.4. The van der Waals surface area contributed by atoms with Crippen LogP contribution in [0.4, 0.5) is 10.1 Å². The maximum Gasteiger partial charge on any atom is 0.239 e. The van der Waals surface area contributed by atoms with Gasteiger partial charge in [-0.05, 0) is 18.2 Å². The quantitative estimate of drug-likeness (QED) is 0.772. The Hall–Kier alpha value is -1.52. The molecule has 0 atom stereocenters. The molecule has 106 valence electrons. The Bertz CT molecular complexity index is 712. The average molecular weight is 310 g/mol. The Balaban J connectivity index is 3.05. The van der Waals surface area contributed by atoms with Crippen LogP contribution in [0.15, 0.2) is 23.1 Å². The fourth-order valence-electron chi connectivity index (χ4n) is 1.20. The molecule has 3 N–H and O–H groups in total. The lowest BCUT2D eigenvalue weighted by Crippen LogP contribution is -2.23. The van der Waals surface area contributed by atoms with Crippen LogP contribution < -0.4 is 10.5 Å². The van der Waals surface area contributed by atoms with Crippen molar-refractivity contribution in [3.8, 4) is 0 Å². The van der Waals surface area contributed by atoms with Crippen molar-refractivity contribution >= 4 is 31.5 Å². The Morgan fingerprint density at radius 3 is 2.37 bits per heavy atom. The number of amides is 1. The van der Waals surface area contributed by atoms with E-state index in [0.29, 0.717) is 0 Å². The Morgan fingerprint density at radius 2 is 1.89 bits per heavy atom. The summed E-state index contributed by atoms with van der Waals surface area (Å²) in [6, 6.07) is 2.54. The summed E-state index contributed by atoms with van der Waals surface area (Å²) >= 11 is 0. The van der Waals surface area contributed by atoms with E-state index in [-0.39, 0.29) is 0 Å². The lowest BCUT2D eigenvalue weighted by Gasteiger charge is -2.07. The van der Waals surface area contributed by atoms with Crippen molar-refractivity contribution in [2.24, 2.45) is 5.14 Å². The fourth-order valence-corrected chi connectivity index (χ4v) is 2.29. The summed E-state index contributed by atoms with van der Waals surface area (Å²) in [6.45, 7) is 0. The Morgan fingerprint density at radius 1 is 1.32 bits per heavy atom.